The van der Waals surface area contributed by atoms with E-state index in [1.807, 2.05) is 0 Å². The van der Waals surface area contributed by atoms with Crippen LogP contribution >= 0.6 is 11.6 Å². The van der Waals surface area contributed by atoms with Crippen molar-refractivity contribution in [3.05, 3.63) is 29.3 Å². The van der Waals surface area contributed by atoms with E-state index < -0.39 is 0 Å². The average molecular weight is 280 g/mol. The maximum Gasteiger partial charge on any atom is 0.112 e. The Hall–Kier alpha value is -0.820. The topological polar surface area (TPSA) is 12.4 Å². The molecular weight excluding hydrogens is 254 g/mol. The zero-order chi connectivity index (χ0) is 14.8. The van der Waals surface area contributed by atoms with Crippen molar-refractivity contribution in [3.63, 3.8) is 0 Å². The number of nitrogens with zero attached hydrogens (tertiary/aromatic N) is 1. The summed E-state index contributed by atoms with van der Waals surface area (Å²) in [5, 5.41) is 0.669. The molecule has 1 aromatic rings. The molecule has 1 aromatic carbocycles. The molecule has 0 aliphatic heterocycles. The summed E-state index contributed by atoms with van der Waals surface area (Å²) in [6, 6.07) is 6.43. The van der Waals surface area contributed by atoms with Crippen LogP contribution in [0.15, 0.2) is 23.2 Å². The fourth-order valence-corrected chi connectivity index (χ4v) is 1.99. The van der Waals surface area contributed by atoms with Crippen molar-refractivity contribution in [1.82, 2.24) is 0 Å². The molecule has 19 heavy (non-hydrogen) atoms. The van der Waals surface area contributed by atoms with Crippen LogP contribution in [0.5, 0.6) is 0 Å². The lowest BCUT2D eigenvalue weighted by Gasteiger charge is -2.20. The molecule has 106 valence electrons. The van der Waals surface area contributed by atoms with Crippen molar-refractivity contribution < 1.29 is 0 Å². The average Bonchev–Trinajstić information content (AvgIpc) is 2.27. The standard InChI is InChI=1S/C17H26ClN/c1-11(2)13-9-8-10-14(12(3)4)15(13)19-16(18)17(5,6)7/h8-12H,1-7H3. The van der Waals surface area contributed by atoms with Gasteiger partial charge in [-0.2, -0.15) is 0 Å². The Morgan fingerprint density at radius 3 is 1.74 bits per heavy atom. The van der Waals surface area contributed by atoms with E-state index in [1.54, 1.807) is 0 Å². The molecule has 0 bridgehead atoms. The molecule has 1 rings (SSSR count). The molecule has 0 saturated carbocycles. The van der Waals surface area contributed by atoms with Gasteiger partial charge in [-0.25, -0.2) is 4.99 Å². The Kier molecular flexibility index (Phi) is 5.20. The first-order valence-electron chi connectivity index (χ1n) is 7.02. The minimum atomic E-state index is -0.111. The van der Waals surface area contributed by atoms with Gasteiger partial charge >= 0.3 is 0 Å². The molecule has 2 heteroatoms. The minimum Gasteiger partial charge on any atom is -0.240 e. The molecule has 0 heterocycles. The monoisotopic (exact) mass is 279 g/mol. The zero-order valence-electron chi connectivity index (χ0n) is 13.2. The van der Waals surface area contributed by atoms with Gasteiger partial charge in [0.05, 0.1) is 5.69 Å². The van der Waals surface area contributed by atoms with E-state index in [0.29, 0.717) is 17.0 Å². The molecule has 0 aromatic heterocycles. The largest absolute Gasteiger partial charge is 0.240 e. The smallest absolute Gasteiger partial charge is 0.112 e. The summed E-state index contributed by atoms with van der Waals surface area (Å²) in [6.45, 7) is 15.1. The van der Waals surface area contributed by atoms with Crippen LogP contribution in [0.3, 0.4) is 0 Å². The minimum absolute atomic E-state index is 0.111. The Balaban J connectivity index is 3.46. The van der Waals surface area contributed by atoms with Gasteiger partial charge in [-0.15, -0.1) is 0 Å². The van der Waals surface area contributed by atoms with Crippen LogP contribution in [0.4, 0.5) is 5.69 Å². The molecule has 1 nitrogen and oxygen atoms in total. The second kappa shape index (κ2) is 6.09. The number of para-hydroxylation sites is 1. The second-order valence-corrected chi connectivity index (χ2v) is 7.11. The maximum absolute atomic E-state index is 6.39. The number of benzene rings is 1. The predicted molar refractivity (Wildman–Crippen MR) is 87.0 cm³/mol. The van der Waals surface area contributed by atoms with Crippen molar-refractivity contribution in [2.75, 3.05) is 0 Å². The fraction of sp³-hybridized carbons (Fsp3) is 0.588. The van der Waals surface area contributed by atoms with Gasteiger partial charge in [0.25, 0.3) is 0 Å². The molecule has 0 fully saturated rings. The number of rotatable bonds is 3. The Labute approximate surface area is 123 Å². The highest BCUT2D eigenvalue weighted by Gasteiger charge is 2.19. The molecule has 0 N–H and O–H groups in total. The molecule has 0 spiro atoms. The second-order valence-electron chi connectivity index (χ2n) is 6.75. The van der Waals surface area contributed by atoms with E-state index in [-0.39, 0.29) is 5.41 Å². The maximum atomic E-state index is 6.39. The summed E-state index contributed by atoms with van der Waals surface area (Å²) >= 11 is 6.39. The molecular formula is C17H26ClN. The van der Waals surface area contributed by atoms with E-state index >= 15 is 0 Å². The number of hydrogen-bond donors (Lipinski definition) is 0. The van der Waals surface area contributed by atoms with Crippen molar-refractivity contribution >= 4 is 22.5 Å². The van der Waals surface area contributed by atoms with E-state index in [2.05, 4.69) is 66.7 Å². The summed E-state index contributed by atoms with van der Waals surface area (Å²) < 4.78 is 0. The van der Waals surface area contributed by atoms with Crippen LogP contribution in [-0.4, -0.2) is 5.17 Å². The van der Waals surface area contributed by atoms with E-state index in [9.17, 15) is 0 Å². The van der Waals surface area contributed by atoms with Crippen LogP contribution in [0.2, 0.25) is 0 Å². The quantitative estimate of drug-likeness (QED) is 0.580. The molecule has 0 aliphatic rings. The highest BCUT2D eigenvalue weighted by molar-refractivity contribution is 6.66. The fourth-order valence-electron chi connectivity index (χ4n) is 1.91. The predicted octanol–water partition coefficient (Wildman–Crippen LogP) is 6.25. The first-order chi connectivity index (χ1) is 8.64. The van der Waals surface area contributed by atoms with E-state index in [1.165, 1.54) is 11.1 Å². The normalized spacial score (nSPS) is 13.5. The number of aliphatic imine (C=N–C) groups is 1. The molecule has 0 atom stereocenters. The molecule has 0 saturated heterocycles. The van der Waals surface area contributed by atoms with Crippen molar-refractivity contribution in [2.24, 2.45) is 10.4 Å². The summed E-state index contributed by atoms with van der Waals surface area (Å²) in [4.78, 5) is 4.75. The summed E-state index contributed by atoms with van der Waals surface area (Å²) in [5.74, 6) is 0.892. The SMILES string of the molecule is CC(C)c1cccc(C(C)C)c1N=C(Cl)C(C)(C)C. The van der Waals surface area contributed by atoms with Crippen LogP contribution in [0, 0.1) is 5.41 Å². The first-order valence-corrected chi connectivity index (χ1v) is 7.39. The van der Waals surface area contributed by atoms with Crippen LogP contribution < -0.4 is 0 Å². The Morgan fingerprint density at radius 1 is 1.00 bits per heavy atom. The number of halogens is 1. The van der Waals surface area contributed by atoms with Crippen molar-refractivity contribution in [2.45, 2.75) is 60.3 Å². The Bertz CT molecular complexity index is 438. The van der Waals surface area contributed by atoms with Crippen molar-refractivity contribution in [1.29, 1.82) is 0 Å². The van der Waals surface area contributed by atoms with Gasteiger partial charge in [0.2, 0.25) is 0 Å². The third-order valence-electron chi connectivity index (χ3n) is 3.17. The van der Waals surface area contributed by atoms with Gasteiger partial charge in [-0.3, -0.25) is 0 Å². The van der Waals surface area contributed by atoms with Crippen LogP contribution in [0.25, 0.3) is 0 Å². The van der Waals surface area contributed by atoms with E-state index in [4.69, 9.17) is 16.6 Å². The Morgan fingerprint density at radius 2 is 1.42 bits per heavy atom. The lowest BCUT2D eigenvalue weighted by Crippen LogP contribution is -2.14. The highest BCUT2D eigenvalue weighted by atomic mass is 35.5. The van der Waals surface area contributed by atoms with Gasteiger partial charge in [0.1, 0.15) is 5.17 Å². The third-order valence-corrected chi connectivity index (χ3v) is 3.82. The van der Waals surface area contributed by atoms with Gasteiger partial charge in [-0.05, 0) is 23.0 Å². The third kappa shape index (κ3) is 4.07. The van der Waals surface area contributed by atoms with Gasteiger partial charge < -0.3 is 0 Å². The van der Waals surface area contributed by atoms with Crippen LogP contribution in [0.1, 0.15) is 71.4 Å². The first kappa shape index (κ1) is 16.2. The lowest BCUT2D eigenvalue weighted by molar-refractivity contribution is 0.600. The molecule has 0 amide bonds. The van der Waals surface area contributed by atoms with Gasteiger partial charge in [-0.1, -0.05) is 78.3 Å². The molecule has 0 radical (unpaired) electrons. The van der Waals surface area contributed by atoms with Crippen molar-refractivity contribution in [3.8, 4) is 0 Å². The lowest BCUT2D eigenvalue weighted by atomic mass is 9.92. The highest BCUT2D eigenvalue weighted by Crippen LogP contribution is 2.36. The molecule has 0 unspecified atom stereocenters. The molecule has 0 aliphatic carbocycles. The number of hydrogen-bond acceptors (Lipinski definition) is 1. The summed E-state index contributed by atoms with van der Waals surface area (Å²) in [6.07, 6.45) is 0. The summed E-state index contributed by atoms with van der Waals surface area (Å²) in [7, 11) is 0. The van der Waals surface area contributed by atoms with Crippen LogP contribution in [-0.2, 0) is 0 Å². The zero-order valence-corrected chi connectivity index (χ0v) is 14.0. The summed E-state index contributed by atoms with van der Waals surface area (Å²) in [5.41, 5.74) is 3.49. The van der Waals surface area contributed by atoms with Gasteiger partial charge in [0, 0.05) is 5.41 Å². The van der Waals surface area contributed by atoms with Gasteiger partial charge in [0.15, 0.2) is 0 Å². The van der Waals surface area contributed by atoms with E-state index in [0.717, 1.165) is 5.69 Å².